The third-order valence-electron chi connectivity index (χ3n) is 3.77. The number of rotatable bonds is 1. The van der Waals surface area contributed by atoms with Crippen molar-refractivity contribution in [3.05, 3.63) is 0 Å². The van der Waals surface area contributed by atoms with Gasteiger partial charge in [0.1, 0.15) is 0 Å². The highest BCUT2D eigenvalue weighted by Crippen LogP contribution is 2.47. The lowest BCUT2D eigenvalue weighted by molar-refractivity contribution is 0.177. The molecule has 1 aliphatic rings. The molecule has 0 bridgehead atoms. The summed E-state index contributed by atoms with van der Waals surface area (Å²) in [6.07, 6.45) is 2.69. The maximum Gasteiger partial charge on any atom is 0.00439 e. The molecule has 0 spiro atoms. The minimum absolute atomic E-state index is 0.370. The average Bonchev–Trinajstić information content (AvgIpc) is 2.08. The fourth-order valence-corrected chi connectivity index (χ4v) is 2.48. The number of hydrogen-bond acceptors (Lipinski definition) is 1. The first-order chi connectivity index (χ1) is 4.96. The van der Waals surface area contributed by atoms with Crippen LogP contribution in [0.5, 0.6) is 0 Å². The molecular formula is C10H21N. The van der Waals surface area contributed by atoms with Gasteiger partial charge in [-0.1, -0.05) is 20.8 Å². The van der Waals surface area contributed by atoms with E-state index in [4.69, 9.17) is 5.73 Å². The highest BCUT2D eigenvalue weighted by atomic mass is 14.7. The second kappa shape index (κ2) is 2.78. The molecule has 0 heterocycles. The molecule has 2 N–H and O–H groups in total. The summed E-state index contributed by atoms with van der Waals surface area (Å²) in [4.78, 5) is 0. The Morgan fingerprint density at radius 3 is 2.09 bits per heavy atom. The van der Waals surface area contributed by atoms with E-state index in [-0.39, 0.29) is 0 Å². The summed E-state index contributed by atoms with van der Waals surface area (Å²) in [5, 5.41) is 0. The van der Waals surface area contributed by atoms with Gasteiger partial charge in [0.15, 0.2) is 0 Å². The molecule has 1 rings (SSSR count). The molecule has 1 nitrogen and oxygen atoms in total. The summed E-state index contributed by atoms with van der Waals surface area (Å²) in [5.41, 5.74) is 6.40. The van der Waals surface area contributed by atoms with Gasteiger partial charge in [0.2, 0.25) is 0 Å². The molecule has 0 amide bonds. The summed E-state index contributed by atoms with van der Waals surface area (Å²) in [6.45, 7) is 9.21. The first-order valence-electron chi connectivity index (χ1n) is 4.72. The molecule has 0 aromatic rings. The van der Waals surface area contributed by atoms with Gasteiger partial charge in [-0.15, -0.1) is 0 Å². The molecule has 0 saturated heterocycles. The van der Waals surface area contributed by atoms with Crippen molar-refractivity contribution >= 4 is 0 Å². The normalized spacial score (nSPS) is 39.0. The van der Waals surface area contributed by atoms with E-state index >= 15 is 0 Å². The fourth-order valence-electron chi connectivity index (χ4n) is 2.48. The standard InChI is InChI=1S/C10H21N/c1-7-5-6-9(8(2)11)10(7,3)4/h7-9H,5-6,11H2,1-4H3/t7?,8-,9?/m0/s1. The first-order valence-corrected chi connectivity index (χ1v) is 4.72. The lowest BCUT2D eigenvalue weighted by atomic mass is 9.74. The highest BCUT2D eigenvalue weighted by molar-refractivity contribution is 4.93. The van der Waals surface area contributed by atoms with Crippen molar-refractivity contribution in [2.45, 2.75) is 46.6 Å². The molecule has 66 valence electrons. The number of nitrogens with two attached hydrogens (primary N) is 1. The first kappa shape index (κ1) is 9.05. The van der Waals surface area contributed by atoms with Gasteiger partial charge in [-0.05, 0) is 37.0 Å². The summed E-state index contributed by atoms with van der Waals surface area (Å²) in [5.74, 6) is 1.58. The van der Waals surface area contributed by atoms with E-state index in [1.54, 1.807) is 0 Å². The Hall–Kier alpha value is -0.0400. The molecule has 2 unspecified atom stereocenters. The topological polar surface area (TPSA) is 26.0 Å². The van der Waals surface area contributed by atoms with E-state index in [1.165, 1.54) is 12.8 Å². The minimum atomic E-state index is 0.370. The van der Waals surface area contributed by atoms with Crippen LogP contribution >= 0.6 is 0 Å². The Bertz CT molecular complexity index is 138. The van der Waals surface area contributed by atoms with E-state index in [2.05, 4.69) is 27.7 Å². The number of hydrogen-bond donors (Lipinski definition) is 1. The van der Waals surface area contributed by atoms with Gasteiger partial charge in [-0.3, -0.25) is 0 Å². The molecule has 0 radical (unpaired) electrons. The Morgan fingerprint density at radius 2 is 1.91 bits per heavy atom. The van der Waals surface area contributed by atoms with E-state index in [0.717, 1.165) is 11.8 Å². The second-order valence-corrected chi connectivity index (χ2v) is 4.77. The molecule has 1 heteroatoms. The van der Waals surface area contributed by atoms with Gasteiger partial charge in [-0.2, -0.15) is 0 Å². The van der Waals surface area contributed by atoms with Gasteiger partial charge in [0.05, 0.1) is 0 Å². The largest absolute Gasteiger partial charge is 0.328 e. The lowest BCUT2D eigenvalue weighted by Gasteiger charge is -2.33. The SMILES string of the molecule is CC1CCC([C@H](C)N)C1(C)C. The van der Waals surface area contributed by atoms with Crippen molar-refractivity contribution in [3.8, 4) is 0 Å². The van der Waals surface area contributed by atoms with Crippen molar-refractivity contribution in [3.63, 3.8) is 0 Å². The van der Waals surface area contributed by atoms with Gasteiger partial charge in [-0.25, -0.2) is 0 Å². The lowest BCUT2D eigenvalue weighted by Crippen LogP contribution is -2.36. The van der Waals surface area contributed by atoms with Crippen LogP contribution in [0.25, 0.3) is 0 Å². The van der Waals surface area contributed by atoms with Gasteiger partial charge in [0.25, 0.3) is 0 Å². The third kappa shape index (κ3) is 1.44. The molecule has 1 saturated carbocycles. The van der Waals surface area contributed by atoms with Crippen LogP contribution in [0.1, 0.15) is 40.5 Å². The van der Waals surface area contributed by atoms with Crippen LogP contribution in [-0.4, -0.2) is 6.04 Å². The van der Waals surface area contributed by atoms with Crippen LogP contribution in [-0.2, 0) is 0 Å². The molecule has 1 aliphatic carbocycles. The molecule has 0 aromatic carbocycles. The van der Waals surface area contributed by atoms with E-state index in [9.17, 15) is 0 Å². The second-order valence-electron chi connectivity index (χ2n) is 4.77. The predicted octanol–water partition coefficient (Wildman–Crippen LogP) is 2.41. The van der Waals surface area contributed by atoms with Crippen LogP contribution < -0.4 is 5.73 Å². The van der Waals surface area contributed by atoms with Crippen LogP contribution in [0.2, 0.25) is 0 Å². The molecule has 11 heavy (non-hydrogen) atoms. The van der Waals surface area contributed by atoms with Crippen molar-refractivity contribution in [1.82, 2.24) is 0 Å². The Labute approximate surface area is 70.4 Å². The quantitative estimate of drug-likeness (QED) is 0.618. The summed E-state index contributed by atoms with van der Waals surface area (Å²) >= 11 is 0. The zero-order valence-electron chi connectivity index (χ0n) is 8.22. The monoisotopic (exact) mass is 155 g/mol. The maximum absolute atomic E-state index is 5.94. The summed E-state index contributed by atoms with van der Waals surface area (Å²) < 4.78 is 0. The van der Waals surface area contributed by atoms with Gasteiger partial charge >= 0.3 is 0 Å². The Morgan fingerprint density at radius 1 is 1.36 bits per heavy atom. The van der Waals surface area contributed by atoms with E-state index < -0.39 is 0 Å². The predicted molar refractivity (Wildman–Crippen MR) is 49.3 cm³/mol. The highest BCUT2D eigenvalue weighted by Gasteiger charge is 2.41. The third-order valence-corrected chi connectivity index (χ3v) is 3.77. The van der Waals surface area contributed by atoms with Gasteiger partial charge < -0.3 is 5.73 Å². The van der Waals surface area contributed by atoms with E-state index in [1.807, 2.05) is 0 Å². The van der Waals surface area contributed by atoms with E-state index in [0.29, 0.717) is 11.5 Å². The minimum Gasteiger partial charge on any atom is -0.328 e. The van der Waals surface area contributed by atoms with Crippen LogP contribution in [0.3, 0.4) is 0 Å². The Kier molecular flexibility index (Phi) is 2.29. The summed E-state index contributed by atoms with van der Waals surface area (Å²) in [7, 11) is 0. The smallest absolute Gasteiger partial charge is 0.00439 e. The van der Waals surface area contributed by atoms with Gasteiger partial charge in [0, 0.05) is 6.04 Å². The van der Waals surface area contributed by atoms with Crippen molar-refractivity contribution in [2.24, 2.45) is 23.0 Å². The molecule has 1 fully saturated rings. The fraction of sp³-hybridized carbons (Fsp3) is 1.00. The van der Waals surface area contributed by atoms with Crippen molar-refractivity contribution < 1.29 is 0 Å². The van der Waals surface area contributed by atoms with Crippen molar-refractivity contribution in [2.75, 3.05) is 0 Å². The summed E-state index contributed by atoms with van der Waals surface area (Å²) in [6, 6.07) is 0.370. The zero-order valence-corrected chi connectivity index (χ0v) is 8.22. The molecule has 0 aromatic heterocycles. The van der Waals surface area contributed by atoms with Crippen molar-refractivity contribution in [1.29, 1.82) is 0 Å². The molecular weight excluding hydrogens is 134 g/mol. The zero-order chi connectivity index (χ0) is 8.65. The molecule has 0 aliphatic heterocycles. The maximum atomic E-state index is 5.94. The molecule has 3 atom stereocenters. The van der Waals surface area contributed by atoms with Crippen LogP contribution in [0.15, 0.2) is 0 Å². The van der Waals surface area contributed by atoms with Crippen LogP contribution in [0, 0.1) is 17.3 Å². The average molecular weight is 155 g/mol. The van der Waals surface area contributed by atoms with Crippen LogP contribution in [0.4, 0.5) is 0 Å². The Balaban J connectivity index is 2.70.